The van der Waals surface area contributed by atoms with Gasteiger partial charge in [0.25, 0.3) is 5.91 Å². The average molecular weight is 520 g/mol. The van der Waals surface area contributed by atoms with Gasteiger partial charge in [0.2, 0.25) is 5.91 Å². The molecule has 4 rings (SSSR count). The molecule has 0 bridgehead atoms. The Morgan fingerprint density at radius 3 is 2.22 bits per heavy atom. The van der Waals surface area contributed by atoms with Crippen molar-refractivity contribution in [3.8, 4) is 5.75 Å². The van der Waals surface area contributed by atoms with Crippen LogP contribution < -0.4 is 15.0 Å². The highest BCUT2D eigenvalue weighted by molar-refractivity contribution is 6.30. The first-order valence-electron chi connectivity index (χ1n) is 12.1. The molecule has 1 aliphatic heterocycles. The van der Waals surface area contributed by atoms with Crippen LogP contribution in [0.1, 0.15) is 35.8 Å². The van der Waals surface area contributed by atoms with Crippen LogP contribution in [0.5, 0.6) is 5.75 Å². The highest BCUT2D eigenvalue weighted by atomic mass is 35.5. The number of halogens is 1. The van der Waals surface area contributed by atoms with Crippen molar-refractivity contribution in [3.05, 3.63) is 88.9 Å². The number of nitrogens with one attached hydrogen (secondary N) is 1. The standard InChI is InChI=1S/C29H30ClN3O4/c1-18-27(29(36)20-9-15-23(16-10-20)37-17-26(35)32(3)4)28(24-7-5-6-8-25(24)31-18)33(19(2)34)22-13-11-21(30)12-14-22/h5-16,18,27-28,31H,17H2,1-4H3/t18-,27?,28-/m0/s1. The lowest BCUT2D eigenvalue weighted by Crippen LogP contribution is -2.49. The van der Waals surface area contributed by atoms with Gasteiger partial charge in [-0.25, -0.2) is 0 Å². The zero-order valence-electron chi connectivity index (χ0n) is 21.3. The summed E-state index contributed by atoms with van der Waals surface area (Å²) < 4.78 is 5.56. The van der Waals surface area contributed by atoms with Crippen molar-refractivity contribution in [2.45, 2.75) is 25.9 Å². The Bertz CT molecular complexity index is 1290. The fourth-order valence-electron chi connectivity index (χ4n) is 4.68. The molecule has 0 saturated heterocycles. The van der Waals surface area contributed by atoms with E-state index in [9.17, 15) is 14.4 Å². The Morgan fingerprint density at radius 1 is 0.946 bits per heavy atom. The van der Waals surface area contributed by atoms with Crippen LogP contribution in [0, 0.1) is 5.92 Å². The SMILES string of the molecule is CC(=O)N(c1ccc(Cl)cc1)[C@H]1c2ccccc2N[C@@H](C)C1C(=O)c1ccc(OCC(=O)N(C)C)cc1. The number of rotatable bonds is 7. The number of carbonyl (C=O) groups is 3. The second-order valence-electron chi connectivity index (χ2n) is 9.32. The smallest absolute Gasteiger partial charge is 0.259 e. The summed E-state index contributed by atoms with van der Waals surface area (Å²) in [4.78, 5) is 42.1. The second kappa shape index (κ2) is 11.0. The number of amides is 2. The van der Waals surface area contributed by atoms with Crippen LogP contribution >= 0.6 is 11.6 Å². The van der Waals surface area contributed by atoms with E-state index in [2.05, 4.69) is 5.32 Å². The van der Waals surface area contributed by atoms with Crippen molar-refractivity contribution in [3.63, 3.8) is 0 Å². The molecule has 1 aliphatic rings. The summed E-state index contributed by atoms with van der Waals surface area (Å²) >= 11 is 6.11. The molecule has 0 aliphatic carbocycles. The van der Waals surface area contributed by atoms with E-state index in [4.69, 9.17) is 16.3 Å². The van der Waals surface area contributed by atoms with Gasteiger partial charge >= 0.3 is 0 Å². The van der Waals surface area contributed by atoms with E-state index in [-0.39, 0.29) is 30.2 Å². The lowest BCUT2D eigenvalue weighted by molar-refractivity contribution is -0.130. The topological polar surface area (TPSA) is 79.0 Å². The third-order valence-corrected chi connectivity index (χ3v) is 6.82. The molecule has 2 amide bonds. The lowest BCUT2D eigenvalue weighted by Gasteiger charge is -2.43. The predicted molar refractivity (Wildman–Crippen MR) is 145 cm³/mol. The molecule has 0 saturated carbocycles. The zero-order valence-corrected chi connectivity index (χ0v) is 22.0. The zero-order chi connectivity index (χ0) is 26.7. The summed E-state index contributed by atoms with van der Waals surface area (Å²) in [6.45, 7) is 3.38. The molecular weight excluding hydrogens is 490 g/mol. The molecule has 0 radical (unpaired) electrons. The molecule has 192 valence electrons. The van der Waals surface area contributed by atoms with E-state index in [1.54, 1.807) is 67.5 Å². The summed E-state index contributed by atoms with van der Waals surface area (Å²) in [7, 11) is 3.32. The number of para-hydroxylation sites is 1. The number of carbonyl (C=O) groups excluding carboxylic acids is 3. The third kappa shape index (κ3) is 5.62. The highest BCUT2D eigenvalue weighted by Gasteiger charge is 2.44. The number of hydrogen-bond acceptors (Lipinski definition) is 5. The van der Waals surface area contributed by atoms with Gasteiger partial charge in [0.05, 0.1) is 12.0 Å². The first kappa shape index (κ1) is 26.2. The first-order chi connectivity index (χ1) is 17.7. The van der Waals surface area contributed by atoms with E-state index in [0.717, 1.165) is 11.3 Å². The Morgan fingerprint density at radius 2 is 1.59 bits per heavy atom. The maximum Gasteiger partial charge on any atom is 0.259 e. The maximum atomic E-state index is 14.0. The van der Waals surface area contributed by atoms with Gasteiger partial charge in [-0.15, -0.1) is 0 Å². The largest absolute Gasteiger partial charge is 0.484 e. The minimum atomic E-state index is -0.573. The van der Waals surface area contributed by atoms with Crippen LogP contribution in [0.3, 0.4) is 0 Å². The van der Waals surface area contributed by atoms with Crippen molar-refractivity contribution >= 4 is 40.6 Å². The summed E-state index contributed by atoms with van der Waals surface area (Å²) in [5, 5.41) is 4.02. The van der Waals surface area contributed by atoms with Gasteiger partial charge in [0.1, 0.15) is 5.75 Å². The fraction of sp³-hybridized carbons (Fsp3) is 0.276. The molecule has 3 aromatic carbocycles. The molecule has 0 aromatic heterocycles. The van der Waals surface area contributed by atoms with Gasteiger partial charge < -0.3 is 19.9 Å². The van der Waals surface area contributed by atoms with Gasteiger partial charge in [-0.1, -0.05) is 29.8 Å². The molecule has 1 N–H and O–H groups in total. The quantitative estimate of drug-likeness (QED) is 0.433. The number of anilines is 2. The average Bonchev–Trinajstić information content (AvgIpc) is 2.88. The number of likely N-dealkylation sites (N-methyl/N-ethyl adjacent to an activating group) is 1. The molecule has 7 nitrogen and oxygen atoms in total. The number of benzene rings is 3. The van der Waals surface area contributed by atoms with Crippen molar-refractivity contribution in [2.75, 3.05) is 30.9 Å². The van der Waals surface area contributed by atoms with Crippen LogP contribution in [-0.2, 0) is 9.59 Å². The van der Waals surface area contributed by atoms with Crippen molar-refractivity contribution in [1.82, 2.24) is 4.90 Å². The van der Waals surface area contributed by atoms with Gasteiger partial charge in [0, 0.05) is 49.0 Å². The first-order valence-corrected chi connectivity index (χ1v) is 12.4. The highest BCUT2D eigenvalue weighted by Crippen LogP contribution is 2.44. The van der Waals surface area contributed by atoms with E-state index in [0.29, 0.717) is 22.0 Å². The van der Waals surface area contributed by atoms with Gasteiger partial charge in [-0.3, -0.25) is 14.4 Å². The minimum Gasteiger partial charge on any atom is -0.484 e. The van der Waals surface area contributed by atoms with E-state index >= 15 is 0 Å². The van der Waals surface area contributed by atoms with Crippen LogP contribution in [0.2, 0.25) is 5.02 Å². The maximum absolute atomic E-state index is 14.0. The Balaban J connectivity index is 1.71. The summed E-state index contributed by atoms with van der Waals surface area (Å²) in [6, 6.07) is 20.8. The molecular formula is C29H30ClN3O4. The molecule has 8 heteroatoms. The molecule has 1 unspecified atom stereocenters. The Labute approximate surface area is 222 Å². The molecule has 1 heterocycles. The van der Waals surface area contributed by atoms with E-state index in [1.165, 1.54) is 11.8 Å². The van der Waals surface area contributed by atoms with Crippen LogP contribution in [0.15, 0.2) is 72.8 Å². The molecule has 37 heavy (non-hydrogen) atoms. The van der Waals surface area contributed by atoms with Crippen molar-refractivity contribution < 1.29 is 19.1 Å². The Hall–Kier alpha value is -3.84. The van der Waals surface area contributed by atoms with E-state index in [1.807, 2.05) is 31.2 Å². The van der Waals surface area contributed by atoms with Crippen molar-refractivity contribution in [1.29, 1.82) is 0 Å². The fourth-order valence-corrected chi connectivity index (χ4v) is 4.81. The number of hydrogen-bond donors (Lipinski definition) is 1. The molecule has 0 fully saturated rings. The normalized spacial score (nSPS) is 18.2. The molecule has 3 aromatic rings. The van der Waals surface area contributed by atoms with Crippen molar-refractivity contribution in [2.24, 2.45) is 5.92 Å². The molecule has 0 spiro atoms. The number of ketones is 1. The number of Topliss-reactive ketones (excluding diaryl/α,β-unsaturated/α-hetero) is 1. The summed E-state index contributed by atoms with van der Waals surface area (Å²) in [5.41, 5.74) is 2.91. The Kier molecular flexibility index (Phi) is 7.83. The van der Waals surface area contributed by atoms with E-state index < -0.39 is 12.0 Å². The number of nitrogens with zero attached hydrogens (tertiary/aromatic N) is 2. The lowest BCUT2D eigenvalue weighted by atomic mass is 9.77. The monoisotopic (exact) mass is 519 g/mol. The van der Waals surface area contributed by atoms with Gasteiger partial charge in [-0.2, -0.15) is 0 Å². The minimum absolute atomic E-state index is 0.0859. The second-order valence-corrected chi connectivity index (χ2v) is 9.76. The predicted octanol–water partition coefficient (Wildman–Crippen LogP) is 5.21. The van der Waals surface area contributed by atoms with Crippen LogP contribution in [0.4, 0.5) is 11.4 Å². The molecule has 3 atom stereocenters. The summed E-state index contributed by atoms with van der Waals surface area (Å²) in [6.07, 6.45) is 0. The third-order valence-electron chi connectivity index (χ3n) is 6.57. The summed E-state index contributed by atoms with van der Waals surface area (Å²) in [5.74, 6) is -0.513. The number of ether oxygens (including phenoxy) is 1. The number of fused-ring (bicyclic) bond motifs is 1. The van der Waals surface area contributed by atoms with Crippen LogP contribution in [0.25, 0.3) is 0 Å². The van der Waals surface area contributed by atoms with Gasteiger partial charge in [0.15, 0.2) is 12.4 Å². The van der Waals surface area contributed by atoms with Crippen LogP contribution in [-0.4, -0.2) is 49.2 Å². The van der Waals surface area contributed by atoms with Gasteiger partial charge in [-0.05, 0) is 67.1 Å².